The van der Waals surface area contributed by atoms with Crippen molar-refractivity contribution >= 4 is 0 Å². The lowest BCUT2D eigenvalue weighted by molar-refractivity contribution is 0.385. The second-order valence-electron chi connectivity index (χ2n) is 10.2. The molecule has 31 heavy (non-hydrogen) atoms. The van der Waals surface area contributed by atoms with Gasteiger partial charge in [0.25, 0.3) is 0 Å². The Kier molecular flexibility index (Phi) is 13.2. The van der Waals surface area contributed by atoms with Crippen molar-refractivity contribution in [3.63, 3.8) is 0 Å². The van der Waals surface area contributed by atoms with Crippen molar-refractivity contribution in [1.29, 1.82) is 0 Å². The van der Waals surface area contributed by atoms with E-state index < -0.39 is 0 Å². The van der Waals surface area contributed by atoms with Crippen LogP contribution in [0.25, 0.3) is 0 Å². The van der Waals surface area contributed by atoms with E-state index in [4.69, 9.17) is 0 Å². The molecule has 2 unspecified atom stereocenters. The van der Waals surface area contributed by atoms with Gasteiger partial charge in [0.1, 0.15) is 0 Å². The zero-order chi connectivity index (χ0) is 23.4. The largest absolute Gasteiger partial charge is 0.0912 e. The molecule has 2 aliphatic rings. The van der Waals surface area contributed by atoms with E-state index in [1.807, 2.05) is 0 Å². The summed E-state index contributed by atoms with van der Waals surface area (Å²) in [6.07, 6.45) is 20.8. The predicted molar refractivity (Wildman–Crippen MR) is 142 cm³/mol. The van der Waals surface area contributed by atoms with Crippen molar-refractivity contribution in [2.24, 2.45) is 23.7 Å². The summed E-state index contributed by atoms with van der Waals surface area (Å²) in [5.74, 6) is 2.82. The molecule has 4 atom stereocenters. The average Bonchev–Trinajstić information content (AvgIpc) is 2.72. The van der Waals surface area contributed by atoms with Gasteiger partial charge in [0.05, 0.1) is 0 Å². The van der Waals surface area contributed by atoms with E-state index in [1.54, 1.807) is 11.1 Å². The molecule has 0 amide bonds. The summed E-state index contributed by atoms with van der Waals surface area (Å²) < 4.78 is 0. The van der Waals surface area contributed by atoms with E-state index in [1.165, 1.54) is 68.1 Å². The fourth-order valence-electron chi connectivity index (χ4n) is 5.29. The predicted octanol–water partition coefficient (Wildman–Crippen LogP) is 10.4. The Morgan fingerprint density at radius 1 is 1.13 bits per heavy atom. The fraction of sp³-hybridized carbons (Fsp3) is 0.677. The SMILES string of the molecule is C=C1C(C)=C(C)CC(C(C)CC(C/C=C\CC)CCC)=C1[C@@H]1CC=C[C@H](C)C1.CCC. The van der Waals surface area contributed by atoms with Crippen LogP contribution in [0.5, 0.6) is 0 Å². The quantitative estimate of drug-likeness (QED) is 0.323. The standard InChI is InChI=1S/C28H44.C3H8/c1-8-10-11-15-25(13-9-2)18-22(5)27-19-21(4)23(6)24(7)28(27)26-16-12-14-20(3)17-26;1-3-2/h10-12,14,20,22,25-26H,7-9,13,15-19H2,1-6H3;3H2,1-2H3/b11-10-;/t20-,22?,25?,26+;/m0./s1. The number of rotatable bonds is 9. The summed E-state index contributed by atoms with van der Waals surface area (Å²) in [5, 5.41) is 0. The van der Waals surface area contributed by atoms with Crippen molar-refractivity contribution in [3.8, 4) is 0 Å². The van der Waals surface area contributed by atoms with Crippen LogP contribution < -0.4 is 0 Å². The van der Waals surface area contributed by atoms with Crippen LogP contribution in [0.1, 0.15) is 113 Å². The topological polar surface area (TPSA) is 0 Å². The van der Waals surface area contributed by atoms with Gasteiger partial charge in [-0.05, 0) is 92.8 Å². The van der Waals surface area contributed by atoms with E-state index in [9.17, 15) is 0 Å². The number of hydrogen-bond acceptors (Lipinski definition) is 0. The summed E-state index contributed by atoms with van der Waals surface area (Å²) in [6.45, 7) is 22.9. The highest BCUT2D eigenvalue weighted by molar-refractivity contribution is 5.54. The second-order valence-corrected chi connectivity index (χ2v) is 10.2. The maximum atomic E-state index is 4.59. The van der Waals surface area contributed by atoms with Gasteiger partial charge in [-0.25, -0.2) is 0 Å². The van der Waals surface area contributed by atoms with Gasteiger partial charge >= 0.3 is 0 Å². The molecule has 0 bridgehead atoms. The fourth-order valence-corrected chi connectivity index (χ4v) is 5.29. The third-order valence-electron chi connectivity index (χ3n) is 7.02. The first-order valence-electron chi connectivity index (χ1n) is 13.2. The first kappa shape index (κ1) is 27.7. The molecule has 0 radical (unpaired) electrons. The van der Waals surface area contributed by atoms with Crippen LogP contribution in [0, 0.1) is 23.7 Å². The Bertz CT molecular complexity index is 666. The zero-order valence-corrected chi connectivity index (χ0v) is 22.2. The summed E-state index contributed by atoms with van der Waals surface area (Å²) >= 11 is 0. The molecule has 0 aromatic carbocycles. The molecule has 0 aromatic heterocycles. The summed E-state index contributed by atoms with van der Waals surface area (Å²) in [5.41, 5.74) is 7.67. The molecular formula is C31H52. The molecule has 0 heteroatoms. The summed E-state index contributed by atoms with van der Waals surface area (Å²) in [7, 11) is 0. The van der Waals surface area contributed by atoms with E-state index in [2.05, 4.69) is 86.3 Å². The molecule has 0 saturated carbocycles. The minimum absolute atomic E-state index is 0.655. The average molecular weight is 425 g/mol. The van der Waals surface area contributed by atoms with Gasteiger partial charge in [0.15, 0.2) is 0 Å². The van der Waals surface area contributed by atoms with Crippen molar-refractivity contribution in [2.75, 3.05) is 0 Å². The van der Waals surface area contributed by atoms with Gasteiger partial charge < -0.3 is 0 Å². The van der Waals surface area contributed by atoms with Crippen LogP contribution in [0.2, 0.25) is 0 Å². The summed E-state index contributed by atoms with van der Waals surface area (Å²) in [4.78, 5) is 0. The van der Waals surface area contributed by atoms with Gasteiger partial charge in [0.2, 0.25) is 0 Å². The van der Waals surface area contributed by atoms with Crippen LogP contribution in [-0.2, 0) is 0 Å². The van der Waals surface area contributed by atoms with Gasteiger partial charge in [-0.1, -0.05) is 103 Å². The Morgan fingerprint density at radius 2 is 1.81 bits per heavy atom. The normalized spacial score (nSPS) is 23.8. The zero-order valence-electron chi connectivity index (χ0n) is 22.2. The molecule has 0 fully saturated rings. The second kappa shape index (κ2) is 14.7. The Balaban J connectivity index is 0.00000151. The Morgan fingerprint density at radius 3 is 2.39 bits per heavy atom. The molecule has 0 N–H and O–H groups in total. The van der Waals surface area contributed by atoms with E-state index in [-0.39, 0.29) is 0 Å². The molecular weight excluding hydrogens is 372 g/mol. The first-order chi connectivity index (χ1) is 14.8. The van der Waals surface area contributed by atoms with Crippen LogP contribution in [0.3, 0.4) is 0 Å². The van der Waals surface area contributed by atoms with Crippen molar-refractivity contribution < 1.29 is 0 Å². The van der Waals surface area contributed by atoms with Crippen molar-refractivity contribution in [3.05, 3.63) is 58.7 Å². The monoisotopic (exact) mass is 424 g/mol. The molecule has 0 nitrogen and oxygen atoms in total. The number of allylic oxidation sites excluding steroid dienone is 9. The minimum atomic E-state index is 0.655. The highest BCUT2D eigenvalue weighted by Gasteiger charge is 2.30. The van der Waals surface area contributed by atoms with Gasteiger partial charge in [-0.3, -0.25) is 0 Å². The van der Waals surface area contributed by atoms with Crippen molar-refractivity contribution in [1.82, 2.24) is 0 Å². The highest BCUT2D eigenvalue weighted by Crippen LogP contribution is 2.45. The lowest BCUT2D eigenvalue weighted by Gasteiger charge is -2.36. The highest BCUT2D eigenvalue weighted by atomic mass is 14.3. The summed E-state index contributed by atoms with van der Waals surface area (Å²) in [6, 6.07) is 0. The molecule has 0 aromatic rings. The minimum Gasteiger partial charge on any atom is -0.0912 e. The van der Waals surface area contributed by atoms with Crippen molar-refractivity contribution in [2.45, 2.75) is 113 Å². The smallest absolute Gasteiger partial charge is 0.00965 e. The third kappa shape index (κ3) is 8.63. The Labute approximate surface area is 195 Å². The van der Waals surface area contributed by atoms with Crippen LogP contribution in [0.15, 0.2) is 58.7 Å². The van der Waals surface area contributed by atoms with E-state index >= 15 is 0 Å². The van der Waals surface area contributed by atoms with E-state index in [0.29, 0.717) is 17.8 Å². The lowest BCUT2D eigenvalue weighted by Crippen LogP contribution is -2.21. The molecule has 176 valence electrons. The molecule has 0 heterocycles. The molecule has 0 spiro atoms. The van der Waals surface area contributed by atoms with Crippen LogP contribution >= 0.6 is 0 Å². The third-order valence-corrected chi connectivity index (χ3v) is 7.02. The first-order valence-corrected chi connectivity index (χ1v) is 13.2. The molecule has 2 rings (SSSR count). The lowest BCUT2D eigenvalue weighted by atomic mass is 9.69. The maximum Gasteiger partial charge on any atom is -0.00965 e. The molecule has 0 aliphatic heterocycles. The van der Waals surface area contributed by atoms with E-state index in [0.717, 1.165) is 12.3 Å². The number of hydrogen-bond donors (Lipinski definition) is 0. The van der Waals surface area contributed by atoms with Gasteiger partial charge in [0, 0.05) is 0 Å². The maximum absolute atomic E-state index is 4.59. The van der Waals surface area contributed by atoms with Gasteiger partial charge in [-0.2, -0.15) is 0 Å². The van der Waals surface area contributed by atoms with Crippen LogP contribution in [0.4, 0.5) is 0 Å². The molecule has 2 aliphatic carbocycles. The van der Waals surface area contributed by atoms with Gasteiger partial charge in [-0.15, -0.1) is 0 Å². The molecule has 0 saturated heterocycles. The van der Waals surface area contributed by atoms with Crippen LogP contribution in [-0.4, -0.2) is 0 Å². The Hall–Kier alpha value is -1.30.